The largest absolute Gasteiger partial charge is 0.378 e. The van der Waals surface area contributed by atoms with Crippen LogP contribution in [-0.2, 0) is 31.3 Å². The molecule has 1 aliphatic heterocycles. The Morgan fingerprint density at radius 3 is 2.93 bits per heavy atom. The molecule has 0 atom stereocenters. The Morgan fingerprint density at radius 2 is 2.11 bits per heavy atom. The maximum atomic E-state index is 5.53. The van der Waals surface area contributed by atoms with Crippen LogP contribution < -0.4 is 10.6 Å². The molecule has 0 aliphatic carbocycles. The number of nitrogens with two attached hydrogens (primary N) is 1. The van der Waals surface area contributed by atoms with Gasteiger partial charge in [-0.2, -0.15) is 10.2 Å². The number of nitrogens with zero attached hydrogens (tertiary/aromatic N) is 6. The summed E-state index contributed by atoms with van der Waals surface area (Å²) in [6, 6.07) is 2.16. The first-order valence-electron chi connectivity index (χ1n) is 9.45. The van der Waals surface area contributed by atoms with Crippen molar-refractivity contribution in [3.8, 4) is 0 Å². The molecule has 0 aromatic carbocycles. The molecule has 8 nitrogen and oxygen atoms in total. The summed E-state index contributed by atoms with van der Waals surface area (Å²) in [5, 5.41) is 10.3. The second kappa shape index (κ2) is 7.28. The maximum absolute atomic E-state index is 5.53. The number of ether oxygens (including phenoxy) is 1. The average molecular weight is 369 g/mol. The Morgan fingerprint density at radius 1 is 1.26 bits per heavy atom. The molecule has 8 heteroatoms. The van der Waals surface area contributed by atoms with E-state index in [9.17, 15) is 0 Å². The molecule has 3 aromatic heterocycles. The van der Waals surface area contributed by atoms with Crippen molar-refractivity contribution in [2.24, 2.45) is 12.8 Å². The summed E-state index contributed by atoms with van der Waals surface area (Å²) in [6.45, 7) is 8.52. The number of rotatable bonds is 6. The number of aryl methyl sites for hydroxylation is 3. The summed E-state index contributed by atoms with van der Waals surface area (Å²) in [6.07, 6.45) is 2.88. The van der Waals surface area contributed by atoms with Crippen LogP contribution in [0.2, 0.25) is 0 Å². The highest BCUT2D eigenvalue weighted by atomic mass is 16.5. The Labute approximate surface area is 158 Å². The lowest BCUT2D eigenvalue weighted by Gasteiger charge is -2.30. The van der Waals surface area contributed by atoms with Crippen molar-refractivity contribution in [2.75, 3.05) is 31.2 Å². The van der Waals surface area contributed by atoms with Gasteiger partial charge in [-0.3, -0.25) is 9.36 Å². The molecule has 0 fully saturated rings. The highest BCUT2D eigenvalue weighted by molar-refractivity contribution is 5.89. The molecule has 27 heavy (non-hydrogen) atoms. The summed E-state index contributed by atoms with van der Waals surface area (Å²) in [5.74, 6) is 0. The molecule has 1 aliphatic rings. The Balaban J connectivity index is 1.60. The van der Waals surface area contributed by atoms with Crippen LogP contribution in [0.25, 0.3) is 11.0 Å². The third-order valence-corrected chi connectivity index (χ3v) is 5.20. The predicted octanol–water partition coefficient (Wildman–Crippen LogP) is 1.32. The summed E-state index contributed by atoms with van der Waals surface area (Å²) in [5.41, 5.74) is 12.4. The van der Waals surface area contributed by atoms with Gasteiger partial charge in [0.05, 0.1) is 42.7 Å². The SMILES string of the molecule is Cc1cc(N2CCc3c(c(C)nn3CCOCCN)C2)c2cnn(C)c2n1. The smallest absolute Gasteiger partial charge is 0.159 e. The quantitative estimate of drug-likeness (QED) is 0.660. The Bertz CT molecular complexity index is 959. The van der Waals surface area contributed by atoms with Gasteiger partial charge in [0.2, 0.25) is 0 Å². The van der Waals surface area contributed by atoms with Crippen molar-refractivity contribution in [3.05, 3.63) is 34.9 Å². The van der Waals surface area contributed by atoms with Crippen LogP contribution in [0, 0.1) is 13.8 Å². The van der Waals surface area contributed by atoms with Crippen LogP contribution in [-0.4, -0.2) is 50.8 Å². The normalized spacial score (nSPS) is 14.1. The minimum absolute atomic E-state index is 0.555. The number of anilines is 1. The second-order valence-electron chi connectivity index (χ2n) is 7.09. The van der Waals surface area contributed by atoms with Crippen LogP contribution in [0.1, 0.15) is 22.6 Å². The van der Waals surface area contributed by atoms with Gasteiger partial charge in [0, 0.05) is 50.1 Å². The molecule has 0 bridgehead atoms. The summed E-state index contributed by atoms with van der Waals surface area (Å²) < 4.78 is 9.47. The molecule has 0 saturated carbocycles. The van der Waals surface area contributed by atoms with Gasteiger partial charge in [-0.15, -0.1) is 0 Å². The molecule has 0 radical (unpaired) electrons. The number of fused-ring (bicyclic) bond motifs is 2. The lowest BCUT2D eigenvalue weighted by molar-refractivity contribution is 0.130. The summed E-state index contributed by atoms with van der Waals surface area (Å²) >= 11 is 0. The van der Waals surface area contributed by atoms with E-state index in [0.29, 0.717) is 19.8 Å². The van der Waals surface area contributed by atoms with E-state index in [-0.39, 0.29) is 0 Å². The van der Waals surface area contributed by atoms with Crippen molar-refractivity contribution in [1.29, 1.82) is 0 Å². The van der Waals surface area contributed by atoms with Gasteiger partial charge in [0.25, 0.3) is 0 Å². The van der Waals surface area contributed by atoms with Gasteiger partial charge >= 0.3 is 0 Å². The molecule has 4 rings (SSSR count). The molecular weight excluding hydrogens is 342 g/mol. The molecule has 144 valence electrons. The lowest BCUT2D eigenvalue weighted by Crippen LogP contribution is -2.31. The highest BCUT2D eigenvalue weighted by Gasteiger charge is 2.25. The molecule has 0 amide bonds. The molecular formula is C19H27N7O. The zero-order valence-corrected chi connectivity index (χ0v) is 16.3. The van der Waals surface area contributed by atoms with E-state index in [0.717, 1.165) is 48.5 Å². The number of aromatic nitrogens is 5. The standard InChI is InChI=1S/C19H27N7O/c1-13-10-18(15-11-21-24(3)19(15)22-13)25-6-4-17-16(12-25)14(2)23-26(17)7-9-27-8-5-20/h10-11H,4-9,12,20H2,1-3H3. The maximum Gasteiger partial charge on any atom is 0.159 e. The van der Waals surface area contributed by atoms with Crippen LogP contribution in [0.5, 0.6) is 0 Å². The van der Waals surface area contributed by atoms with Gasteiger partial charge in [0.1, 0.15) is 0 Å². The minimum atomic E-state index is 0.555. The van der Waals surface area contributed by atoms with E-state index in [1.807, 2.05) is 24.9 Å². The number of hydrogen-bond donors (Lipinski definition) is 1. The van der Waals surface area contributed by atoms with Crippen molar-refractivity contribution in [2.45, 2.75) is 33.4 Å². The zero-order valence-electron chi connectivity index (χ0n) is 16.3. The highest BCUT2D eigenvalue weighted by Crippen LogP contribution is 2.31. The minimum Gasteiger partial charge on any atom is -0.378 e. The van der Waals surface area contributed by atoms with Crippen molar-refractivity contribution < 1.29 is 4.74 Å². The van der Waals surface area contributed by atoms with Crippen LogP contribution in [0.3, 0.4) is 0 Å². The second-order valence-corrected chi connectivity index (χ2v) is 7.09. The Kier molecular flexibility index (Phi) is 4.84. The monoisotopic (exact) mass is 369 g/mol. The van der Waals surface area contributed by atoms with Gasteiger partial charge in [-0.25, -0.2) is 4.98 Å². The molecule has 4 heterocycles. The predicted molar refractivity (Wildman–Crippen MR) is 105 cm³/mol. The first kappa shape index (κ1) is 17.9. The number of hydrogen-bond acceptors (Lipinski definition) is 6. The van der Waals surface area contributed by atoms with Crippen molar-refractivity contribution in [1.82, 2.24) is 24.5 Å². The topological polar surface area (TPSA) is 87.0 Å². The molecule has 0 unspecified atom stereocenters. The van der Waals surface area contributed by atoms with E-state index in [1.54, 1.807) is 0 Å². The van der Waals surface area contributed by atoms with E-state index in [1.165, 1.54) is 16.9 Å². The Hall–Kier alpha value is -2.45. The fourth-order valence-corrected chi connectivity index (χ4v) is 3.87. The fraction of sp³-hybridized carbons (Fsp3) is 0.526. The van der Waals surface area contributed by atoms with E-state index in [4.69, 9.17) is 15.6 Å². The van der Waals surface area contributed by atoms with Gasteiger partial charge < -0.3 is 15.4 Å². The van der Waals surface area contributed by atoms with E-state index < -0.39 is 0 Å². The van der Waals surface area contributed by atoms with Crippen LogP contribution in [0.4, 0.5) is 5.69 Å². The van der Waals surface area contributed by atoms with Crippen molar-refractivity contribution >= 4 is 16.7 Å². The number of pyridine rings is 1. The lowest BCUT2D eigenvalue weighted by atomic mass is 10.0. The third-order valence-electron chi connectivity index (χ3n) is 5.20. The first-order valence-corrected chi connectivity index (χ1v) is 9.45. The summed E-state index contributed by atoms with van der Waals surface area (Å²) in [4.78, 5) is 7.06. The molecule has 0 spiro atoms. The van der Waals surface area contributed by atoms with E-state index >= 15 is 0 Å². The molecule has 2 N–H and O–H groups in total. The molecule has 0 saturated heterocycles. The van der Waals surface area contributed by atoms with Crippen molar-refractivity contribution in [3.63, 3.8) is 0 Å². The van der Waals surface area contributed by atoms with Crippen LogP contribution in [0.15, 0.2) is 12.3 Å². The molecule has 3 aromatic rings. The summed E-state index contributed by atoms with van der Waals surface area (Å²) in [7, 11) is 1.94. The zero-order chi connectivity index (χ0) is 19.0. The third kappa shape index (κ3) is 3.30. The van der Waals surface area contributed by atoms with Gasteiger partial charge in [-0.1, -0.05) is 0 Å². The first-order chi connectivity index (χ1) is 13.1. The van der Waals surface area contributed by atoms with Gasteiger partial charge in [-0.05, 0) is 19.9 Å². The average Bonchev–Trinajstić information content (AvgIpc) is 3.18. The van der Waals surface area contributed by atoms with Gasteiger partial charge in [0.15, 0.2) is 5.65 Å². The van der Waals surface area contributed by atoms with E-state index in [2.05, 4.69) is 32.7 Å². The van der Waals surface area contributed by atoms with Crippen LogP contribution >= 0.6 is 0 Å². The fourth-order valence-electron chi connectivity index (χ4n) is 3.87.